The van der Waals surface area contributed by atoms with Gasteiger partial charge in [-0.2, -0.15) is 0 Å². The first kappa shape index (κ1) is 18.2. The second-order valence-electron chi connectivity index (χ2n) is 5.77. The van der Waals surface area contributed by atoms with Crippen LogP contribution in [0.25, 0.3) is 0 Å². The number of halogens is 1. The third-order valence-corrected chi connectivity index (χ3v) is 3.96. The summed E-state index contributed by atoms with van der Waals surface area (Å²) in [5, 5.41) is 12.7. The van der Waals surface area contributed by atoms with Gasteiger partial charge in [-0.15, -0.1) is 0 Å². The second kappa shape index (κ2) is 8.10. The van der Waals surface area contributed by atoms with Crippen LogP contribution in [0.1, 0.15) is 48.0 Å². The number of aliphatic carboxylic acids is 1. The third-order valence-electron chi connectivity index (χ3n) is 3.46. The molecule has 0 spiro atoms. The van der Waals surface area contributed by atoms with Gasteiger partial charge in [-0.3, -0.25) is 9.59 Å². The zero-order valence-corrected chi connectivity index (χ0v) is 15.1. The molecule has 1 aromatic carbocycles. The number of nitrogens with zero attached hydrogens (tertiary/aromatic N) is 2. The molecule has 0 bridgehead atoms. The third kappa shape index (κ3) is 4.92. The number of rotatable bonds is 7. The molecule has 1 amide bonds. The molecule has 0 atom stereocenters. The summed E-state index contributed by atoms with van der Waals surface area (Å²) in [5.41, 5.74) is 1.09. The Labute approximate surface area is 148 Å². The van der Waals surface area contributed by atoms with Crippen LogP contribution in [-0.4, -0.2) is 33.6 Å². The molecule has 0 radical (unpaired) electrons. The van der Waals surface area contributed by atoms with E-state index in [-0.39, 0.29) is 30.5 Å². The molecule has 0 unspecified atom stereocenters. The van der Waals surface area contributed by atoms with E-state index in [1.54, 1.807) is 6.07 Å². The summed E-state index contributed by atoms with van der Waals surface area (Å²) in [7, 11) is 0. The smallest absolute Gasteiger partial charge is 0.305 e. The number of carboxylic acids is 1. The Bertz CT molecular complexity index is 727. The zero-order valence-electron chi connectivity index (χ0n) is 13.5. The maximum atomic E-state index is 12.7. The fraction of sp³-hybridized carbons (Fsp3) is 0.353. The van der Waals surface area contributed by atoms with Crippen molar-refractivity contribution < 1.29 is 19.2 Å². The van der Waals surface area contributed by atoms with E-state index in [1.165, 1.54) is 4.90 Å². The Morgan fingerprint density at radius 3 is 2.67 bits per heavy atom. The van der Waals surface area contributed by atoms with E-state index < -0.39 is 5.97 Å². The number of aromatic nitrogens is 1. The van der Waals surface area contributed by atoms with Gasteiger partial charge in [0.15, 0.2) is 5.69 Å². The van der Waals surface area contributed by atoms with Gasteiger partial charge in [0.2, 0.25) is 0 Å². The Balaban J connectivity index is 2.20. The van der Waals surface area contributed by atoms with Gasteiger partial charge in [-0.25, -0.2) is 0 Å². The Morgan fingerprint density at radius 2 is 2.08 bits per heavy atom. The lowest BCUT2D eigenvalue weighted by Crippen LogP contribution is -2.32. The number of hydrogen-bond acceptors (Lipinski definition) is 4. The van der Waals surface area contributed by atoms with Crippen molar-refractivity contribution in [1.29, 1.82) is 0 Å². The van der Waals surface area contributed by atoms with Crippen LogP contribution in [0.15, 0.2) is 39.3 Å². The Kier molecular flexibility index (Phi) is 6.14. The second-order valence-corrected chi connectivity index (χ2v) is 6.69. The van der Waals surface area contributed by atoms with Crippen molar-refractivity contribution in [1.82, 2.24) is 10.1 Å². The molecule has 0 aliphatic rings. The first-order valence-electron chi connectivity index (χ1n) is 7.59. The standard InChI is InChI=1S/C17H19BrN2O4/c1-11(2)15-9-14(19-24-15)17(23)20(7-6-16(21)22)10-12-4-3-5-13(18)8-12/h3-5,8-9,11H,6-7,10H2,1-2H3,(H,21,22). The summed E-state index contributed by atoms with van der Waals surface area (Å²) in [6.07, 6.45) is -0.130. The molecule has 128 valence electrons. The van der Waals surface area contributed by atoms with E-state index in [4.69, 9.17) is 9.63 Å². The molecular weight excluding hydrogens is 376 g/mol. The van der Waals surface area contributed by atoms with Crippen LogP contribution < -0.4 is 0 Å². The first-order chi connectivity index (χ1) is 11.4. The molecule has 0 aliphatic carbocycles. The van der Waals surface area contributed by atoms with Crippen LogP contribution in [0, 0.1) is 0 Å². The van der Waals surface area contributed by atoms with Crippen LogP contribution in [0.3, 0.4) is 0 Å². The Morgan fingerprint density at radius 1 is 1.33 bits per heavy atom. The van der Waals surface area contributed by atoms with Crippen LogP contribution >= 0.6 is 15.9 Å². The van der Waals surface area contributed by atoms with E-state index in [0.29, 0.717) is 12.3 Å². The minimum absolute atomic E-state index is 0.102. The molecule has 24 heavy (non-hydrogen) atoms. The van der Waals surface area contributed by atoms with E-state index in [2.05, 4.69) is 21.1 Å². The summed E-state index contributed by atoms with van der Waals surface area (Å²) in [6.45, 7) is 4.29. The molecule has 2 aromatic rings. The minimum atomic E-state index is -0.954. The average molecular weight is 395 g/mol. The highest BCUT2D eigenvalue weighted by Gasteiger charge is 2.21. The SMILES string of the molecule is CC(C)c1cc(C(=O)N(CCC(=O)O)Cc2cccc(Br)c2)no1. The zero-order chi connectivity index (χ0) is 17.7. The van der Waals surface area contributed by atoms with Crippen molar-refractivity contribution in [3.8, 4) is 0 Å². The van der Waals surface area contributed by atoms with Crippen LogP contribution in [0.4, 0.5) is 0 Å². The Hall–Kier alpha value is -2.15. The fourth-order valence-electron chi connectivity index (χ4n) is 2.16. The van der Waals surface area contributed by atoms with Gasteiger partial charge in [0.1, 0.15) is 5.76 Å². The van der Waals surface area contributed by atoms with Gasteiger partial charge in [-0.1, -0.05) is 47.1 Å². The number of carboxylic acid groups (broad SMARTS) is 1. The van der Waals surface area contributed by atoms with Crippen LogP contribution in [-0.2, 0) is 11.3 Å². The summed E-state index contributed by atoms with van der Waals surface area (Å²) >= 11 is 3.39. The fourth-order valence-corrected chi connectivity index (χ4v) is 2.61. The van der Waals surface area contributed by atoms with E-state index >= 15 is 0 Å². The molecule has 6 nitrogen and oxygen atoms in total. The van der Waals surface area contributed by atoms with Crippen molar-refractivity contribution in [3.63, 3.8) is 0 Å². The van der Waals surface area contributed by atoms with Crippen molar-refractivity contribution in [3.05, 3.63) is 51.8 Å². The number of hydrogen-bond donors (Lipinski definition) is 1. The molecule has 2 rings (SSSR count). The van der Waals surface area contributed by atoms with Gasteiger partial charge in [-0.05, 0) is 17.7 Å². The summed E-state index contributed by atoms with van der Waals surface area (Å²) in [4.78, 5) is 25.0. The number of carbonyl (C=O) groups excluding carboxylic acids is 1. The topological polar surface area (TPSA) is 83.6 Å². The van der Waals surface area contributed by atoms with Gasteiger partial charge in [0.05, 0.1) is 6.42 Å². The van der Waals surface area contributed by atoms with Crippen molar-refractivity contribution in [2.75, 3.05) is 6.54 Å². The number of carbonyl (C=O) groups is 2. The number of amides is 1. The predicted octanol–water partition coefficient (Wildman–Crippen LogP) is 3.68. The predicted molar refractivity (Wildman–Crippen MR) is 91.7 cm³/mol. The van der Waals surface area contributed by atoms with Gasteiger partial charge < -0.3 is 14.5 Å². The van der Waals surface area contributed by atoms with Crippen molar-refractivity contribution in [2.45, 2.75) is 32.7 Å². The molecule has 0 aliphatic heterocycles. The summed E-state index contributed by atoms with van der Waals surface area (Å²) < 4.78 is 6.07. The largest absolute Gasteiger partial charge is 0.481 e. The highest BCUT2D eigenvalue weighted by atomic mass is 79.9. The van der Waals surface area contributed by atoms with Gasteiger partial charge in [0.25, 0.3) is 5.91 Å². The normalized spacial score (nSPS) is 10.8. The summed E-state index contributed by atoms with van der Waals surface area (Å²) in [5.74, 6) is -0.549. The molecule has 0 saturated heterocycles. The van der Waals surface area contributed by atoms with E-state index in [1.807, 2.05) is 38.1 Å². The first-order valence-corrected chi connectivity index (χ1v) is 8.38. The minimum Gasteiger partial charge on any atom is -0.481 e. The molecule has 7 heteroatoms. The lowest BCUT2D eigenvalue weighted by atomic mass is 10.1. The lowest BCUT2D eigenvalue weighted by molar-refractivity contribution is -0.137. The molecule has 1 N–H and O–H groups in total. The van der Waals surface area contributed by atoms with Crippen molar-refractivity contribution >= 4 is 27.8 Å². The molecule has 0 saturated carbocycles. The van der Waals surface area contributed by atoms with E-state index in [9.17, 15) is 9.59 Å². The molecule has 0 fully saturated rings. The maximum absolute atomic E-state index is 12.7. The molecular formula is C17H19BrN2O4. The quantitative estimate of drug-likeness (QED) is 0.773. The average Bonchev–Trinajstić information content (AvgIpc) is 3.01. The highest BCUT2D eigenvalue weighted by molar-refractivity contribution is 9.10. The molecule has 1 heterocycles. The van der Waals surface area contributed by atoms with E-state index in [0.717, 1.165) is 10.0 Å². The van der Waals surface area contributed by atoms with Gasteiger partial charge >= 0.3 is 5.97 Å². The maximum Gasteiger partial charge on any atom is 0.305 e. The summed E-state index contributed by atoms with van der Waals surface area (Å²) in [6, 6.07) is 9.14. The van der Waals surface area contributed by atoms with Crippen LogP contribution in [0.2, 0.25) is 0 Å². The lowest BCUT2D eigenvalue weighted by Gasteiger charge is -2.21. The van der Waals surface area contributed by atoms with Crippen molar-refractivity contribution in [2.24, 2.45) is 0 Å². The highest BCUT2D eigenvalue weighted by Crippen LogP contribution is 2.18. The monoisotopic (exact) mass is 394 g/mol. The van der Waals surface area contributed by atoms with Gasteiger partial charge in [0, 0.05) is 29.5 Å². The number of benzene rings is 1. The molecule has 1 aromatic heterocycles. The van der Waals surface area contributed by atoms with Crippen LogP contribution in [0.5, 0.6) is 0 Å².